The van der Waals surface area contributed by atoms with Crippen LogP contribution < -0.4 is 5.32 Å². The molecular weight excluding hydrogens is 394 g/mol. The minimum absolute atomic E-state index is 0.0188. The Balaban J connectivity index is 1.45. The van der Waals surface area contributed by atoms with Crippen LogP contribution in [0.2, 0.25) is 0 Å². The summed E-state index contributed by atoms with van der Waals surface area (Å²) in [6.45, 7) is 0.555. The van der Waals surface area contributed by atoms with E-state index in [1.807, 2.05) is 54.6 Å². The first-order valence-corrected chi connectivity index (χ1v) is 10.9. The molecule has 3 heteroatoms. The molecule has 3 nitrogen and oxygen atoms in total. The second-order valence-electron chi connectivity index (χ2n) is 7.94. The number of fused-ring (bicyclic) bond motifs is 1. The molecule has 0 saturated carbocycles. The van der Waals surface area contributed by atoms with Gasteiger partial charge in [0.15, 0.2) is 0 Å². The van der Waals surface area contributed by atoms with Gasteiger partial charge in [-0.25, -0.2) is 0 Å². The molecule has 0 atom stereocenters. The molecule has 1 amide bonds. The van der Waals surface area contributed by atoms with Crippen molar-refractivity contribution in [2.75, 3.05) is 6.54 Å². The third kappa shape index (κ3) is 5.86. The maximum Gasteiger partial charge on any atom is 0.224 e. The lowest BCUT2D eigenvalue weighted by molar-refractivity contribution is -0.120. The predicted octanol–water partition coefficient (Wildman–Crippen LogP) is 5.70. The first kappa shape index (κ1) is 21.4. The Hall–Kier alpha value is -3.85. The molecule has 0 fully saturated rings. The van der Waals surface area contributed by atoms with E-state index in [0.717, 1.165) is 28.3 Å². The fraction of sp³-hybridized carbons (Fsp3) is 0.138. The van der Waals surface area contributed by atoms with Crippen LogP contribution in [0, 0.1) is 0 Å². The van der Waals surface area contributed by atoms with Crippen molar-refractivity contribution in [3.05, 3.63) is 119 Å². The molecule has 32 heavy (non-hydrogen) atoms. The standard InChI is InChI=1S/C29H27NO2/c31-27-15-14-25-18-24(13-7-12-22-8-3-1-4-9-22)19-26(28(25)21-27)16-17-30-29(32)20-23-10-5-2-6-11-23/h1-12,14-15,18-19,21,31H,13,16-17,20H2,(H,30,32)/b12-7+. The summed E-state index contributed by atoms with van der Waals surface area (Å²) in [5.41, 5.74) is 4.52. The van der Waals surface area contributed by atoms with Crippen LogP contribution in [-0.2, 0) is 24.1 Å². The van der Waals surface area contributed by atoms with Gasteiger partial charge in [-0.3, -0.25) is 4.79 Å². The Morgan fingerprint density at radius 2 is 1.59 bits per heavy atom. The lowest BCUT2D eigenvalue weighted by atomic mass is 9.97. The number of hydrogen-bond donors (Lipinski definition) is 2. The molecule has 0 radical (unpaired) electrons. The van der Waals surface area contributed by atoms with Crippen molar-refractivity contribution < 1.29 is 9.90 Å². The highest BCUT2D eigenvalue weighted by Gasteiger charge is 2.07. The van der Waals surface area contributed by atoms with Crippen molar-refractivity contribution in [2.24, 2.45) is 0 Å². The average Bonchev–Trinajstić information content (AvgIpc) is 2.81. The van der Waals surface area contributed by atoms with Crippen molar-refractivity contribution in [1.29, 1.82) is 0 Å². The van der Waals surface area contributed by atoms with E-state index in [2.05, 4.69) is 41.7 Å². The topological polar surface area (TPSA) is 49.3 Å². The number of amides is 1. The number of carbonyl (C=O) groups excluding carboxylic acids is 1. The summed E-state index contributed by atoms with van der Waals surface area (Å²) >= 11 is 0. The molecule has 4 aromatic rings. The molecule has 0 spiro atoms. The van der Waals surface area contributed by atoms with Gasteiger partial charge in [-0.2, -0.15) is 0 Å². The molecule has 160 valence electrons. The number of nitrogens with one attached hydrogen (secondary N) is 1. The van der Waals surface area contributed by atoms with Crippen LogP contribution in [0.5, 0.6) is 5.75 Å². The lowest BCUT2D eigenvalue weighted by Gasteiger charge is -2.11. The maximum absolute atomic E-state index is 12.3. The van der Waals surface area contributed by atoms with Crippen molar-refractivity contribution in [3.8, 4) is 5.75 Å². The van der Waals surface area contributed by atoms with E-state index in [1.165, 1.54) is 11.1 Å². The molecule has 4 aromatic carbocycles. The second kappa shape index (κ2) is 10.5. The number of allylic oxidation sites excluding steroid dienone is 1. The van der Waals surface area contributed by atoms with E-state index in [-0.39, 0.29) is 11.7 Å². The number of phenolic OH excluding ortho intramolecular Hbond substituents is 1. The highest BCUT2D eigenvalue weighted by molar-refractivity contribution is 5.88. The Morgan fingerprint density at radius 3 is 2.38 bits per heavy atom. The normalized spacial score (nSPS) is 11.1. The first-order chi connectivity index (χ1) is 15.7. The zero-order valence-electron chi connectivity index (χ0n) is 18.0. The fourth-order valence-electron chi connectivity index (χ4n) is 3.89. The largest absolute Gasteiger partial charge is 0.508 e. The van der Waals surface area contributed by atoms with Gasteiger partial charge in [-0.15, -0.1) is 0 Å². The zero-order valence-corrected chi connectivity index (χ0v) is 18.0. The number of phenols is 1. The molecular formula is C29H27NO2. The molecule has 0 aliphatic heterocycles. The van der Waals surface area contributed by atoms with E-state index in [0.29, 0.717) is 19.4 Å². The minimum atomic E-state index is 0.0188. The quantitative estimate of drug-likeness (QED) is 0.383. The van der Waals surface area contributed by atoms with Gasteiger partial charge in [0.25, 0.3) is 0 Å². The van der Waals surface area contributed by atoms with Gasteiger partial charge in [0.05, 0.1) is 6.42 Å². The highest BCUT2D eigenvalue weighted by atomic mass is 16.3. The predicted molar refractivity (Wildman–Crippen MR) is 132 cm³/mol. The van der Waals surface area contributed by atoms with Crippen molar-refractivity contribution in [2.45, 2.75) is 19.3 Å². The van der Waals surface area contributed by atoms with Gasteiger partial charge < -0.3 is 10.4 Å². The molecule has 2 N–H and O–H groups in total. The van der Waals surface area contributed by atoms with E-state index in [9.17, 15) is 9.90 Å². The van der Waals surface area contributed by atoms with Gasteiger partial charge in [0.2, 0.25) is 5.91 Å². The van der Waals surface area contributed by atoms with Crippen molar-refractivity contribution in [1.82, 2.24) is 5.32 Å². The summed E-state index contributed by atoms with van der Waals surface area (Å²) in [6, 6.07) is 29.8. The molecule has 4 rings (SSSR count). The fourth-order valence-corrected chi connectivity index (χ4v) is 3.89. The van der Waals surface area contributed by atoms with Crippen LogP contribution in [0.4, 0.5) is 0 Å². The molecule has 0 bridgehead atoms. The summed E-state index contributed by atoms with van der Waals surface area (Å²) < 4.78 is 0. The lowest BCUT2D eigenvalue weighted by Crippen LogP contribution is -2.27. The van der Waals surface area contributed by atoms with E-state index < -0.39 is 0 Å². The number of rotatable bonds is 8. The summed E-state index contributed by atoms with van der Waals surface area (Å²) in [6.07, 6.45) is 6.20. The van der Waals surface area contributed by atoms with Gasteiger partial charge >= 0.3 is 0 Å². The van der Waals surface area contributed by atoms with Gasteiger partial charge in [0.1, 0.15) is 5.75 Å². The minimum Gasteiger partial charge on any atom is -0.508 e. The molecule has 0 aliphatic carbocycles. The number of aromatic hydroxyl groups is 1. The second-order valence-corrected chi connectivity index (χ2v) is 7.94. The Morgan fingerprint density at radius 1 is 0.844 bits per heavy atom. The average molecular weight is 422 g/mol. The van der Waals surface area contributed by atoms with Gasteiger partial charge in [0, 0.05) is 6.54 Å². The Labute approximate surface area is 189 Å². The van der Waals surface area contributed by atoms with Crippen molar-refractivity contribution in [3.63, 3.8) is 0 Å². The summed E-state index contributed by atoms with van der Waals surface area (Å²) in [4.78, 5) is 12.3. The molecule has 0 aromatic heterocycles. The number of carbonyl (C=O) groups is 1. The monoisotopic (exact) mass is 421 g/mol. The van der Waals surface area contributed by atoms with Crippen LogP contribution in [0.1, 0.15) is 22.3 Å². The SMILES string of the molecule is O=C(Cc1ccccc1)NCCc1cc(C/C=C/c2ccccc2)cc2ccc(O)cc12. The van der Waals surface area contributed by atoms with Crippen molar-refractivity contribution >= 4 is 22.8 Å². The van der Waals surface area contributed by atoms with Crippen LogP contribution in [0.3, 0.4) is 0 Å². The Kier molecular flexibility index (Phi) is 6.98. The first-order valence-electron chi connectivity index (χ1n) is 10.9. The summed E-state index contributed by atoms with van der Waals surface area (Å²) in [7, 11) is 0. The Bertz CT molecular complexity index is 1210. The van der Waals surface area contributed by atoms with Crippen LogP contribution in [0.15, 0.2) is 97.1 Å². The molecule has 0 unspecified atom stereocenters. The van der Waals surface area contributed by atoms with Gasteiger partial charge in [-0.1, -0.05) is 91.0 Å². The molecule has 0 heterocycles. The highest BCUT2D eigenvalue weighted by Crippen LogP contribution is 2.26. The van der Waals surface area contributed by atoms with Gasteiger partial charge in [-0.05, 0) is 58.0 Å². The molecule has 0 saturated heterocycles. The van der Waals surface area contributed by atoms with E-state index >= 15 is 0 Å². The maximum atomic E-state index is 12.3. The van der Waals surface area contributed by atoms with Crippen LogP contribution >= 0.6 is 0 Å². The van der Waals surface area contributed by atoms with E-state index in [1.54, 1.807) is 12.1 Å². The third-order valence-electron chi connectivity index (χ3n) is 5.47. The number of benzene rings is 4. The molecule has 0 aliphatic rings. The van der Waals surface area contributed by atoms with E-state index in [4.69, 9.17) is 0 Å². The summed E-state index contributed by atoms with van der Waals surface area (Å²) in [5, 5.41) is 15.1. The smallest absolute Gasteiger partial charge is 0.224 e. The number of hydrogen-bond acceptors (Lipinski definition) is 2. The van der Waals surface area contributed by atoms with Crippen LogP contribution in [0.25, 0.3) is 16.8 Å². The van der Waals surface area contributed by atoms with Crippen LogP contribution in [-0.4, -0.2) is 17.6 Å². The summed E-state index contributed by atoms with van der Waals surface area (Å²) in [5.74, 6) is 0.272. The zero-order chi connectivity index (χ0) is 22.2. The third-order valence-corrected chi connectivity index (χ3v) is 5.47.